The molecular weight excluding hydrogens is 428 g/mol. The monoisotopic (exact) mass is 456 g/mol. The van der Waals surface area contributed by atoms with Crippen LogP contribution in [0.1, 0.15) is 20.8 Å². The quantitative estimate of drug-likeness (QED) is 0.492. The van der Waals surface area contributed by atoms with E-state index in [0.29, 0.717) is 12.5 Å². The van der Waals surface area contributed by atoms with E-state index < -0.39 is 0 Å². The van der Waals surface area contributed by atoms with Crippen LogP contribution >= 0.6 is 0 Å². The van der Waals surface area contributed by atoms with Crippen molar-refractivity contribution >= 4 is 29.0 Å². The van der Waals surface area contributed by atoms with Gasteiger partial charge in [0.25, 0.3) is 0 Å². The van der Waals surface area contributed by atoms with Crippen molar-refractivity contribution in [2.24, 2.45) is 4.99 Å². The molecule has 0 saturated heterocycles. The number of benzene rings is 2. The first-order chi connectivity index (χ1) is 16.3. The van der Waals surface area contributed by atoms with E-state index in [-0.39, 0.29) is 11.5 Å². The molecule has 2 aromatic carbocycles. The van der Waals surface area contributed by atoms with E-state index in [0.717, 1.165) is 39.2 Å². The molecule has 0 saturated carbocycles. The topological polar surface area (TPSA) is 97.7 Å². The third kappa shape index (κ3) is 3.63. The highest BCUT2D eigenvalue weighted by molar-refractivity contribution is 5.91. The van der Waals surface area contributed by atoms with Crippen LogP contribution in [-0.2, 0) is 5.54 Å². The zero-order valence-corrected chi connectivity index (χ0v) is 20.0. The minimum Gasteiger partial charge on any atom is -0.480 e. The van der Waals surface area contributed by atoms with E-state index in [4.69, 9.17) is 15.5 Å². The van der Waals surface area contributed by atoms with Crippen LogP contribution in [-0.4, -0.2) is 51.7 Å². The van der Waals surface area contributed by atoms with Crippen LogP contribution in [0, 0.1) is 0 Å². The lowest BCUT2D eigenvalue weighted by molar-refractivity contribution is 0.389. The molecule has 4 aromatic rings. The summed E-state index contributed by atoms with van der Waals surface area (Å²) in [5.41, 5.74) is 11.2. The summed E-state index contributed by atoms with van der Waals surface area (Å²) in [5, 5.41) is 4.12. The van der Waals surface area contributed by atoms with Crippen molar-refractivity contribution in [3.8, 4) is 28.4 Å². The van der Waals surface area contributed by atoms with E-state index in [1.54, 1.807) is 13.3 Å². The summed E-state index contributed by atoms with van der Waals surface area (Å²) in [6.45, 7) is 7.19. The zero-order chi connectivity index (χ0) is 24.0. The maximum absolute atomic E-state index is 5.75. The van der Waals surface area contributed by atoms with Gasteiger partial charge >= 0.3 is 0 Å². The molecule has 0 bridgehead atoms. The molecule has 0 spiro atoms. The number of para-hydroxylation sites is 1. The number of aromatic nitrogens is 4. The average Bonchev–Trinajstić information content (AvgIpc) is 3.41. The Morgan fingerprint density at radius 2 is 1.82 bits per heavy atom. The SMILES string of the molecule is COc1nc(N)ncc1-c1ccc2c(c1)nc(-c1ccccc1N1C=NCN1C)n2C(C)(C)C. The first-order valence-electron chi connectivity index (χ1n) is 11.1. The number of methoxy groups -OCH3 is 1. The maximum atomic E-state index is 5.75. The van der Waals surface area contributed by atoms with Gasteiger partial charge in [0.05, 0.1) is 29.4 Å². The predicted molar refractivity (Wildman–Crippen MR) is 136 cm³/mol. The molecule has 0 amide bonds. The number of fused-ring (bicyclic) bond motifs is 1. The summed E-state index contributed by atoms with van der Waals surface area (Å²) in [6, 6.07) is 14.5. The number of aliphatic imine (C=N–C) groups is 1. The van der Waals surface area contributed by atoms with Gasteiger partial charge in [0.15, 0.2) is 0 Å². The lowest BCUT2D eigenvalue weighted by Gasteiger charge is -2.28. The molecule has 3 heterocycles. The third-order valence-corrected chi connectivity index (χ3v) is 5.84. The number of hydrazine groups is 1. The Kier molecular flexibility index (Phi) is 5.21. The standard InChI is InChI=1S/C25H28N8O/c1-25(2,3)33-21-11-10-16(18-13-28-24(26)30-23(18)34-5)12-19(21)29-22(33)17-8-6-7-9-20(17)32-15-27-14-31(32)4/h6-13,15H,14H2,1-5H3,(H2,26,28,30). The van der Waals surface area contributed by atoms with Crippen molar-refractivity contribution in [2.45, 2.75) is 26.3 Å². The smallest absolute Gasteiger partial charge is 0.225 e. The fourth-order valence-corrected chi connectivity index (χ4v) is 4.34. The average molecular weight is 457 g/mol. The number of nitrogens with zero attached hydrogens (tertiary/aromatic N) is 7. The number of hydrogen-bond donors (Lipinski definition) is 1. The van der Waals surface area contributed by atoms with E-state index in [2.05, 4.69) is 68.5 Å². The maximum Gasteiger partial charge on any atom is 0.225 e. The van der Waals surface area contributed by atoms with Gasteiger partial charge in [-0.25, -0.2) is 9.97 Å². The van der Waals surface area contributed by atoms with Crippen LogP contribution in [0.25, 0.3) is 33.5 Å². The molecule has 2 aromatic heterocycles. The van der Waals surface area contributed by atoms with E-state index >= 15 is 0 Å². The lowest BCUT2D eigenvalue weighted by Crippen LogP contribution is -2.34. The summed E-state index contributed by atoms with van der Waals surface area (Å²) >= 11 is 0. The normalized spacial score (nSPS) is 14.3. The van der Waals surface area contributed by atoms with Crippen molar-refractivity contribution in [1.29, 1.82) is 0 Å². The molecule has 0 radical (unpaired) electrons. The minimum atomic E-state index is -0.203. The summed E-state index contributed by atoms with van der Waals surface area (Å²) in [5.74, 6) is 1.50. The van der Waals surface area contributed by atoms with E-state index in [9.17, 15) is 0 Å². The van der Waals surface area contributed by atoms with Gasteiger partial charge in [-0.2, -0.15) is 9.99 Å². The molecule has 9 nitrogen and oxygen atoms in total. The van der Waals surface area contributed by atoms with Gasteiger partial charge in [-0.3, -0.25) is 10.0 Å². The molecule has 0 fully saturated rings. The van der Waals surface area contributed by atoms with Crippen molar-refractivity contribution in [3.05, 3.63) is 48.7 Å². The molecule has 1 aliphatic heterocycles. The minimum absolute atomic E-state index is 0.174. The second-order valence-corrected chi connectivity index (χ2v) is 9.26. The van der Waals surface area contributed by atoms with Crippen molar-refractivity contribution < 1.29 is 4.74 Å². The molecule has 0 aliphatic carbocycles. The van der Waals surface area contributed by atoms with Crippen LogP contribution in [0.5, 0.6) is 5.88 Å². The molecule has 5 rings (SSSR count). The van der Waals surface area contributed by atoms with Gasteiger partial charge in [-0.05, 0) is 50.6 Å². The van der Waals surface area contributed by atoms with Gasteiger partial charge in [-0.15, -0.1) is 0 Å². The molecular formula is C25H28N8O. The number of imidazole rings is 1. The highest BCUT2D eigenvalue weighted by Crippen LogP contribution is 2.38. The zero-order valence-electron chi connectivity index (χ0n) is 20.0. The van der Waals surface area contributed by atoms with Crippen molar-refractivity contribution in [2.75, 3.05) is 31.6 Å². The third-order valence-electron chi connectivity index (χ3n) is 5.84. The highest BCUT2D eigenvalue weighted by atomic mass is 16.5. The Hall–Kier alpha value is -3.98. The number of nitrogens with two attached hydrogens (primary N) is 1. The summed E-state index contributed by atoms with van der Waals surface area (Å²) in [7, 11) is 3.59. The van der Waals surface area contributed by atoms with Gasteiger partial charge in [0.2, 0.25) is 11.8 Å². The Balaban J connectivity index is 1.72. The molecule has 9 heteroatoms. The number of ether oxygens (including phenoxy) is 1. The number of rotatable bonds is 4. The Bertz CT molecular complexity index is 1400. The fraction of sp³-hybridized carbons (Fsp3) is 0.280. The fourth-order valence-electron chi connectivity index (χ4n) is 4.34. The van der Waals surface area contributed by atoms with E-state index in [1.165, 1.54) is 0 Å². The Labute approximate surface area is 198 Å². The predicted octanol–water partition coefficient (Wildman–Crippen LogP) is 4.16. The molecule has 2 N–H and O–H groups in total. The molecule has 34 heavy (non-hydrogen) atoms. The molecule has 0 unspecified atom stereocenters. The largest absolute Gasteiger partial charge is 0.480 e. The molecule has 174 valence electrons. The van der Waals surface area contributed by atoms with Gasteiger partial charge in [-0.1, -0.05) is 18.2 Å². The second-order valence-electron chi connectivity index (χ2n) is 9.26. The summed E-state index contributed by atoms with van der Waals surface area (Å²) in [6.07, 6.45) is 3.54. The van der Waals surface area contributed by atoms with Crippen LogP contribution in [0.15, 0.2) is 53.7 Å². The Morgan fingerprint density at radius 3 is 2.53 bits per heavy atom. The second kappa shape index (κ2) is 8.11. The lowest BCUT2D eigenvalue weighted by atomic mass is 10.0. The first kappa shape index (κ1) is 21.8. The summed E-state index contributed by atoms with van der Waals surface area (Å²) < 4.78 is 7.74. The Morgan fingerprint density at radius 1 is 1.03 bits per heavy atom. The molecule has 1 aliphatic rings. The highest BCUT2D eigenvalue weighted by Gasteiger charge is 2.27. The van der Waals surface area contributed by atoms with Gasteiger partial charge in [0.1, 0.15) is 18.8 Å². The number of anilines is 2. The number of hydrogen-bond acceptors (Lipinski definition) is 8. The van der Waals surface area contributed by atoms with Crippen LogP contribution in [0.4, 0.5) is 11.6 Å². The van der Waals surface area contributed by atoms with Crippen LogP contribution in [0.3, 0.4) is 0 Å². The first-order valence-corrected chi connectivity index (χ1v) is 11.1. The number of nitrogen functional groups attached to an aromatic ring is 1. The van der Waals surface area contributed by atoms with Gasteiger partial charge in [0, 0.05) is 24.3 Å². The molecule has 0 atom stereocenters. The summed E-state index contributed by atoms with van der Waals surface area (Å²) in [4.78, 5) is 17.9. The van der Waals surface area contributed by atoms with Gasteiger partial charge < -0.3 is 15.0 Å². The van der Waals surface area contributed by atoms with Crippen molar-refractivity contribution in [3.63, 3.8) is 0 Å². The van der Waals surface area contributed by atoms with Crippen LogP contribution < -0.4 is 15.5 Å². The van der Waals surface area contributed by atoms with Crippen LogP contribution in [0.2, 0.25) is 0 Å². The van der Waals surface area contributed by atoms with E-state index in [1.807, 2.05) is 37.7 Å². The van der Waals surface area contributed by atoms with Crippen molar-refractivity contribution in [1.82, 2.24) is 24.5 Å².